The average Bonchev–Trinajstić information content (AvgIpc) is 2.33. The van der Waals surface area contributed by atoms with Gasteiger partial charge in [-0.25, -0.2) is 9.59 Å². The second-order valence-electron chi connectivity index (χ2n) is 2.83. The summed E-state index contributed by atoms with van der Waals surface area (Å²) >= 11 is 0. The zero-order chi connectivity index (χ0) is 13.7. The summed E-state index contributed by atoms with van der Waals surface area (Å²) in [5.74, 6) is -1.30. The molecule has 0 saturated carbocycles. The lowest BCUT2D eigenvalue weighted by Gasteiger charge is -2.00. The molecule has 0 amide bonds. The first-order valence-corrected chi connectivity index (χ1v) is 5.27. The molecule has 0 rings (SSSR count). The van der Waals surface area contributed by atoms with Crippen LogP contribution < -0.4 is 0 Å². The topological polar surface area (TPSA) is 72.8 Å². The minimum absolute atomic E-state index is 0.264. The largest absolute Gasteiger partial charge is 0.478 e. The predicted octanol–water partition coefficient (Wildman–Crippen LogP) is 1.79. The van der Waals surface area contributed by atoms with Crippen LogP contribution in [0.2, 0.25) is 0 Å². The zero-order valence-corrected chi connectivity index (χ0v) is 10.4. The van der Waals surface area contributed by atoms with Crippen molar-refractivity contribution in [3.05, 3.63) is 24.8 Å². The van der Waals surface area contributed by atoms with E-state index in [4.69, 9.17) is 9.84 Å². The molecule has 0 aromatic heterocycles. The van der Waals surface area contributed by atoms with Gasteiger partial charge in [-0.15, -0.1) is 0 Å². The molecule has 0 aromatic carbocycles. The standard InChI is InChI=1S/C7H12O3.C5H8O2/c1-3-7(8)10-6-5-9-4-2;1-3-4(2)5(6)7/h3H,1,4-6H2,2H3;2-3H2,1H3,(H,6,7). The summed E-state index contributed by atoms with van der Waals surface area (Å²) in [5.41, 5.74) is 0.264. The van der Waals surface area contributed by atoms with Gasteiger partial charge in [0.05, 0.1) is 6.61 Å². The van der Waals surface area contributed by atoms with Gasteiger partial charge in [-0.3, -0.25) is 0 Å². The monoisotopic (exact) mass is 244 g/mol. The van der Waals surface area contributed by atoms with E-state index in [9.17, 15) is 9.59 Å². The fraction of sp³-hybridized carbons (Fsp3) is 0.500. The lowest BCUT2D eigenvalue weighted by atomic mass is 10.2. The molecule has 0 aliphatic carbocycles. The predicted molar refractivity (Wildman–Crippen MR) is 64.7 cm³/mol. The minimum atomic E-state index is -0.900. The first-order valence-electron chi connectivity index (χ1n) is 5.27. The summed E-state index contributed by atoms with van der Waals surface area (Å²) < 4.78 is 9.53. The van der Waals surface area contributed by atoms with Crippen LogP contribution in [0.15, 0.2) is 24.8 Å². The normalized spacial score (nSPS) is 8.59. The SMILES string of the molecule is C=C(CC)C(=O)O.C=CC(=O)OCCOCC. The fourth-order valence-corrected chi connectivity index (χ4v) is 0.556. The Kier molecular flexibility index (Phi) is 13.0. The number of esters is 1. The fourth-order valence-electron chi connectivity index (χ4n) is 0.556. The van der Waals surface area contributed by atoms with E-state index in [0.29, 0.717) is 26.2 Å². The van der Waals surface area contributed by atoms with Crippen molar-refractivity contribution in [3.63, 3.8) is 0 Å². The van der Waals surface area contributed by atoms with Crippen molar-refractivity contribution < 1.29 is 24.2 Å². The van der Waals surface area contributed by atoms with Gasteiger partial charge in [0.2, 0.25) is 0 Å². The second-order valence-corrected chi connectivity index (χ2v) is 2.83. The van der Waals surface area contributed by atoms with Crippen molar-refractivity contribution in [2.75, 3.05) is 19.8 Å². The average molecular weight is 244 g/mol. The van der Waals surface area contributed by atoms with Crippen LogP contribution in [0, 0.1) is 0 Å². The van der Waals surface area contributed by atoms with Crippen LogP contribution in [0.4, 0.5) is 0 Å². The highest BCUT2D eigenvalue weighted by atomic mass is 16.6. The van der Waals surface area contributed by atoms with Gasteiger partial charge >= 0.3 is 11.9 Å². The molecule has 98 valence electrons. The Hall–Kier alpha value is -1.62. The third-order valence-corrected chi connectivity index (χ3v) is 1.57. The number of hydrogen-bond donors (Lipinski definition) is 1. The molecule has 0 fully saturated rings. The third kappa shape index (κ3) is 14.4. The van der Waals surface area contributed by atoms with Crippen molar-refractivity contribution in [1.29, 1.82) is 0 Å². The van der Waals surface area contributed by atoms with Crippen molar-refractivity contribution in [3.8, 4) is 0 Å². The molecular formula is C12H20O5. The van der Waals surface area contributed by atoms with Gasteiger partial charge in [0.1, 0.15) is 6.61 Å². The Bertz CT molecular complexity index is 258. The quantitative estimate of drug-likeness (QED) is 0.420. The first-order chi connectivity index (χ1) is 7.99. The van der Waals surface area contributed by atoms with E-state index in [1.54, 1.807) is 6.92 Å². The van der Waals surface area contributed by atoms with Crippen LogP contribution in [0.1, 0.15) is 20.3 Å². The highest BCUT2D eigenvalue weighted by Gasteiger charge is 1.96. The van der Waals surface area contributed by atoms with Crippen molar-refractivity contribution in [2.45, 2.75) is 20.3 Å². The number of aliphatic carboxylic acids is 1. The molecule has 0 radical (unpaired) electrons. The van der Waals surface area contributed by atoms with Crippen molar-refractivity contribution in [2.24, 2.45) is 0 Å². The Morgan fingerprint density at radius 2 is 1.88 bits per heavy atom. The van der Waals surface area contributed by atoms with Gasteiger partial charge in [-0.05, 0) is 13.3 Å². The van der Waals surface area contributed by atoms with Gasteiger partial charge in [-0.1, -0.05) is 20.1 Å². The van der Waals surface area contributed by atoms with Crippen LogP contribution in [0.3, 0.4) is 0 Å². The highest BCUT2D eigenvalue weighted by Crippen LogP contribution is 1.93. The molecule has 0 aliphatic heterocycles. The van der Waals surface area contributed by atoms with Crippen LogP contribution in [-0.2, 0) is 19.1 Å². The van der Waals surface area contributed by atoms with E-state index in [1.807, 2.05) is 6.92 Å². The Morgan fingerprint density at radius 3 is 2.18 bits per heavy atom. The van der Waals surface area contributed by atoms with Gasteiger partial charge in [-0.2, -0.15) is 0 Å². The molecule has 0 aliphatic rings. The number of carbonyl (C=O) groups is 2. The summed E-state index contributed by atoms with van der Waals surface area (Å²) in [6.07, 6.45) is 1.65. The molecule has 17 heavy (non-hydrogen) atoms. The number of ether oxygens (including phenoxy) is 2. The Balaban J connectivity index is 0. The Morgan fingerprint density at radius 1 is 1.29 bits per heavy atom. The summed E-state index contributed by atoms with van der Waals surface area (Å²) in [5, 5.41) is 8.08. The van der Waals surface area contributed by atoms with E-state index >= 15 is 0 Å². The first kappa shape index (κ1) is 17.8. The molecule has 0 bridgehead atoms. The van der Waals surface area contributed by atoms with Gasteiger partial charge < -0.3 is 14.6 Å². The second kappa shape index (κ2) is 12.4. The molecule has 0 atom stereocenters. The number of carboxylic acid groups (broad SMARTS) is 1. The zero-order valence-electron chi connectivity index (χ0n) is 10.4. The smallest absolute Gasteiger partial charge is 0.330 e. The minimum Gasteiger partial charge on any atom is -0.478 e. The van der Waals surface area contributed by atoms with Crippen LogP contribution in [-0.4, -0.2) is 36.9 Å². The molecule has 0 heterocycles. The lowest BCUT2D eigenvalue weighted by molar-refractivity contribution is -0.139. The van der Waals surface area contributed by atoms with E-state index in [2.05, 4.69) is 17.9 Å². The number of rotatable bonds is 7. The van der Waals surface area contributed by atoms with Crippen molar-refractivity contribution in [1.82, 2.24) is 0 Å². The van der Waals surface area contributed by atoms with Crippen LogP contribution in [0.5, 0.6) is 0 Å². The molecule has 0 saturated heterocycles. The maximum atomic E-state index is 10.4. The van der Waals surface area contributed by atoms with E-state index in [1.165, 1.54) is 0 Å². The highest BCUT2D eigenvalue weighted by molar-refractivity contribution is 5.85. The van der Waals surface area contributed by atoms with E-state index in [-0.39, 0.29) is 5.57 Å². The maximum absolute atomic E-state index is 10.4. The Labute approximate surface area is 102 Å². The molecule has 0 unspecified atom stereocenters. The van der Waals surface area contributed by atoms with Crippen molar-refractivity contribution >= 4 is 11.9 Å². The molecule has 5 heteroatoms. The molecule has 0 spiro atoms. The molecule has 1 N–H and O–H groups in total. The molecule has 5 nitrogen and oxygen atoms in total. The number of hydrogen-bond acceptors (Lipinski definition) is 4. The summed E-state index contributed by atoms with van der Waals surface area (Å²) in [6, 6.07) is 0. The van der Waals surface area contributed by atoms with Crippen LogP contribution >= 0.6 is 0 Å². The van der Waals surface area contributed by atoms with Gasteiger partial charge in [0, 0.05) is 18.3 Å². The summed E-state index contributed by atoms with van der Waals surface area (Å²) in [4.78, 5) is 20.2. The molecule has 0 aromatic rings. The number of carboxylic acids is 1. The lowest BCUT2D eigenvalue weighted by Crippen LogP contribution is -2.07. The number of carbonyl (C=O) groups excluding carboxylic acids is 1. The summed E-state index contributed by atoms with van der Waals surface area (Å²) in [7, 11) is 0. The third-order valence-electron chi connectivity index (χ3n) is 1.57. The van der Waals surface area contributed by atoms with Gasteiger partial charge in [0.15, 0.2) is 0 Å². The summed E-state index contributed by atoms with van der Waals surface area (Å²) in [6.45, 7) is 11.6. The van der Waals surface area contributed by atoms with E-state index < -0.39 is 11.9 Å². The van der Waals surface area contributed by atoms with Crippen LogP contribution in [0.25, 0.3) is 0 Å². The van der Waals surface area contributed by atoms with Gasteiger partial charge in [0.25, 0.3) is 0 Å². The van der Waals surface area contributed by atoms with E-state index in [0.717, 1.165) is 6.08 Å². The maximum Gasteiger partial charge on any atom is 0.330 e. The molecular weight excluding hydrogens is 224 g/mol.